The maximum Gasteiger partial charge on any atom is 0.412 e. The summed E-state index contributed by atoms with van der Waals surface area (Å²) in [6.45, 7) is 7.39. The van der Waals surface area contributed by atoms with Crippen LogP contribution >= 0.6 is 0 Å². The van der Waals surface area contributed by atoms with E-state index in [1.54, 1.807) is 0 Å². The fraction of sp³-hybridized carbons (Fsp3) is 0.826. The molecule has 2 aliphatic carbocycles. The molecule has 4 rings (SSSR count). The summed E-state index contributed by atoms with van der Waals surface area (Å²) < 4.78 is 23.8. The Morgan fingerprint density at radius 1 is 0.630 bits per heavy atom. The Hall–Kier alpha value is -0.680. The van der Waals surface area contributed by atoms with Gasteiger partial charge in [-0.3, -0.25) is 0 Å². The van der Waals surface area contributed by atoms with E-state index in [1.807, 2.05) is 0 Å². The van der Waals surface area contributed by atoms with Gasteiger partial charge in [-0.2, -0.15) is 0 Å². The predicted octanol–water partition coefficient (Wildman–Crippen LogP) is 4.91. The van der Waals surface area contributed by atoms with Crippen LogP contribution in [0.5, 0.6) is 0 Å². The van der Waals surface area contributed by atoms with Crippen LogP contribution in [0, 0.1) is 35.5 Å². The maximum atomic E-state index is 5.96. The van der Waals surface area contributed by atoms with E-state index in [4.69, 9.17) is 18.9 Å². The molecule has 2 fully saturated rings. The van der Waals surface area contributed by atoms with Crippen LogP contribution in [0.25, 0.3) is 0 Å². The van der Waals surface area contributed by atoms with E-state index in [-0.39, 0.29) is 0 Å². The molecule has 4 aliphatic rings. The molecule has 4 atom stereocenters. The summed E-state index contributed by atoms with van der Waals surface area (Å²) in [5.41, 5.74) is 0. The monoisotopic (exact) mass is 376 g/mol. The molecule has 4 unspecified atom stereocenters. The molecule has 0 radical (unpaired) electrons. The van der Waals surface area contributed by atoms with Crippen LogP contribution < -0.4 is 0 Å². The molecule has 4 heteroatoms. The van der Waals surface area contributed by atoms with E-state index >= 15 is 0 Å². The molecule has 0 N–H and O–H groups in total. The highest BCUT2D eigenvalue weighted by Crippen LogP contribution is 2.37. The van der Waals surface area contributed by atoms with Crippen LogP contribution in [0.3, 0.4) is 0 Å². The Labute approximate surface area is 164 Å². The van der Waals surface area contributed by atoms with Crippen molar-refractivity contribution in [3.8, 4) is 0 Å². The first kappa shape index (κ1) is 19.6. The largest absolute Gasteiger partial charge is 0.412 e. The Kier molecular flexibility index (Phi) is 6.38. The van der Waals surface area contributed by atoms with Crippen LogP contribution in [0.2, 0.25) is 0 Å². The summed E-state index contributed by atoms with van der Waals surface area (Å²) in [7, 11) is 0. The van der Waals surface area contributed by atoms with Gasteiger partial charge in [0.1, 0.15) is 0 Å². The lowest BCUT2D eigenvalue weighted by Crippen LogP contribution is -2.53. The SMILES string of the molecule is CC1CC=CCC1CC1COC2(OC1)OCC(CC1CC=CCC1C)CO2. The lowest BCUT2D eigenvalue weighted by molar-refractivity contribution is -0.535. The molecule has 0 amide bonds. The second-order valence-corrected chi connectivity index (χ2v) is 9.31. The van der Waals surface area contributed by atoms with E-state index in [9.17, 15) is 0 Å². The summed E-state index contributed by atoms with van der Waals surface area (Å²) in [5.74, 6) is 3.87. The van der Waals surface area contributed by atoms with Crippen LogP contribution in [-0.4, -0.2) is 32.6 Å². The van der Waals surface area contributed by atoms with Crippen LogP contribution in [0.1, 0.15) is 52.4 Å². The highest BCUT2D eigenvalue weighted by Gasteiger charge is 2.45. The van der Waals surface area contributed by atoms with Gasteiger partial charge >= 0.3 is 6.16 Å². The minimum Gasteiger partial charge on any atom is -0.303 e. The summed E-state index contributed by atoms with van der Waals surface area (Å²) in [4.78, 5) is 0. The third kappa shape index (κ3) is 4.84. The normalized spacial score (nSPS) is 45.3. The first-order valence-corrected chi connectivity index (χ1v) is 11.0. The molecule has 0 bridgehead atoms. The average molecular weight is 377 g/mol. The molecule has 4 nitrogen and oxygen atoms in total. The van der Waals surface area contributed by atoms with Crippen molar-refractivity contribution in [2.75, 3.05) is 26.4 Å². The molecular formula is C23H36O4. The minimum atomic E-state index is -1.23. The Morgan fingerprint density at radius 3 is 1.37 bits per heavy atom. The average Bonchev–Trinajstić information content (AvgIpc) is 2.69. The smallest absolute Gasteiger partial charge is 0.303 e. The van der Waals surface area contributed by atoms with Gasteiger partial charge in [-0.05, 0) is 62.2 Å². The van der Waals surface area contributed by atoms with Gasteiger partial charge in [0.25, 0.3) is 0 Å². The zero-order chi connectivity index (χ0) is 18.7. The molecule has 1 spiro atoms. The summed E-state index contributed by atoms with van der Waals surface area (Å²) in [6, 6.07) is 0. The standard InChI is InChI=1S/C23H36O4/c1-17-7-3-5-9-21(17)11-19-13-24-23(25-14-19)26-15-20(16-27-23)12-22-10-6-4-8-18(22)2/h3-6,17-22H,7-16H2,1-2H3. The Bertz CT molecular complexity index is 475. The first-order chi connectivity index (χ1) is 13.1. The fourth-order valence-corrected chi connectivity index (χ4v) is 5.02. The van der Waals surface area contributed by atoms with E-state index in [0.717, 1.165) is 36.5 Å². The van der Waals surface area contributed by atoms with E-state index in [2.05, 4.69) is 38.2 Å². The third-order valence-corrected chi connectivity index (χ3v) is 7.09. The molecule has 0 aromatic carbocycles. The molecule has 27 heavy (non-hydrogen) atoms. The second-order valence-electron chi connectivity index (χ2n) is 9.31. The van der Waals surface area contributed by atoms with Crippen molar-refractivity contribution in [1.29, 1.82) is 0 Å². The quantitative estimate of drug-likeness (QED) is 0.654. The molecule has 0 aromatic heterocycles. The number of allylic oxidation sites excluding steroid dienone is 4. The molecule has 0 aromatic rings. The van der Waals surface area contributed by atoms with Crippen LogP contribution in [0.4, 0.5) is 0 Å². The first-order valence-electron chi connectivity index (χ1n) is 11.0. The molecule has 0 saturated carbocycles. The second kappa shape index (κ2) is 8.77. The van der Waals surface area contributed by atoms with Crippen molar-refractivity contribution in [2.24, 2.45) is 35.5 Å². The van der Waals surface area contributed by atoms with Crippen molar-refractivity contribution in [1.82, 2.24) is 0 Å². The Morgan fingerprint density at radius 2 is 1.00 bits per heavy atom. The summed E-state index contributed by atoms with van der Waals surface area (Å²) >= 11 is 0. The van der Waals surface area contributed by atoms with E-state index < -0.39 is 6.16 Å². The zero-order valence-corrected chi connectivity index (χ0v) is 17.0. The van der Waals surface area contributed by atoms with Gasteiger partial charge in [0.15, 0.2) is 0 Å². The van der Waals surface area contributed by atoms with Gasteiger partial charge in [0.05, 0.1) is 26.4 Å². The van der Waals surface area contributed by atoms with Crippen molar-refractivity contribution in [2.45, 2.75) is 58.5 Å². The predicted molar refractivity (Wildman–Crippen MR) is 105 cm³/mol. The topological polar surface area (TPSA) is 36.9 Å². The van der Waals surface area contributed by atoms with Crippen molar-refractivity contribution in [3.05, 3.63) is 24.3 Å². The van der Waals surface area contributed by atoms with Crippen molar-refractivity contribution < 1.29 is 18.9 Å². The van der Waals surface area contributed by atoms with Crippen molar-refractivity contribution in [3.63, 3.8) is 0 Å². The lowest BCUT2D eigenvalue weighted by atomic mass is 9.79. The fourth-order valence-electron chi connectivity index (χ4n) is 5.02. The van der Waals surface area contributed by atoms with Gasteiger partial charge in [-0.1, -0.05) is 38.2 Å². The molecule has 2 saturated heterocycles. The van der Waals surface area contributed by atoms with E-state index in [0.29, 0.717) is 38.3 Å². The number of ether oxygens (including phenoxy) is 4. The van der Waals surface area contributed by atoms with Crippen molar-refractivity contribution >= 4 is 0 Å². The van der Waals surface area contributed by atoms with Gasteiger partial charge < -0.3 is 18.9 Å². The number of hydrogen-bond donors (Lipinski definition) is 0. The van der Waals surface area contributed by atoms with Gasteiger partial charge in [0.2, 0.25) is 0 Å². The lowest BCUT2D eigenvalue weighted by Gasteiger charge is -2.43. The number of rotatable bonds is 4. The Balaban J connectivity index is 1.20. The zero-order valence-electron chi connectivity index (χ0n) is 17.0. The van der Waals surface area contributed by atoms with Gasteiger partial charge in [-0.15, -0.1) is 0 Å². The minimum absolute atomic E-state index is 0.439. The molecule has 2 heterocycles. The van der Waals surface area contributed by atoms with Crippen LogP contribution in [0.15, 0.2) is 24.3 Å². The summed E-state index contributed by atoms with van der Waals surface area (Å²) in [6.07, 6.45) is 15.2. The van der Waals surface area contributed by atoms with Gasteiger partial charge in [-0.25, -0.2) is 0 Å². The maximum absolute atomic E-state index is 5.96. The highest BCUT2D eigenvalue weighted by atomic mass is 17.0. The third-order valence-electron chi connectivity index (χ3n) is 7.09. The highest BCUT2D eigenvalue weighted by molar-refractivity contribution is 4.95. The molecule has 2 aliphatic heterocycles. The molecular weight excluding hydrogens is 340 g/mol. The molecule has 152 valence electrons. The van der Waals surface area contributed by atoms with E-state index in [1.165, 1.54) is 25.7 Å². The van der Waals surface area contributed by atoms with Crippen LogP contribution in [-0.2, 0) is 18.9 Å². The van der Waals surface area contributed by atoms with Gasteiger partial charge in [0, 0.05) is 11.8 Å². The summed E-state index contributed by atoms with van der Waals surface area (Å²) in [5, 5.41) is 0. The number of hydrogen-bond acceptors (Lipinski definition) is 4.